The summed E-state index contributed by atoms with van der Waals surface area (Å²) in [5, 5.41) is 6.71. The van der Waals surface area contributed by atoms with E-state index in [2.05, 4.69) is 140 Å². The average molecular weight is 652 g/mol. The van der Waals surface area contributed by atoms with E-state index in [9.17, 15) is 0 Å². The fourth-order valence-electron chi connectivity index (χ4n) is 7.19. The topological polar surface area (TPSA) is 51.8 Å². The number of aromatic nitrogens is 3. The molecule has 0 aliphatic carbocycles. The van der Waals surface area contributed by atoms with E-state index in [-0.39, 0.29) is 0 Å². The molecule has 51 heavy (non-hydrogen) atoms. The van der Waals surface area contributed by atoms with Gasteiger partial charge in [0.1, 0.15) is 11.2 Å². The van der Waals surface area contributed by atoms with Gasteiger partial charge in [-0.1, -0.05) is 146 Å². The Kier molecular flexibility index (Phi) is 6.78. The van der Waals surface area contributed by atoms with Gasteiger partial charge in [0.25, 0.3) is 0 Å². The second-order valence-electron chi connectivity index (χ2n) is 12.8. The first-order valence-electron chi connectivity index (χ1n) is 17.1. The highest BCUT2D eigenvalue weighted by Gasteiger charge is 2.17. The summed E-state index contributed by atoms with van der Waals surface area (Å²) in [6.07, 6.45) is 0. The summed E-state index contributed by atoms with van der Waals surface area (Å²) in [4.78, 5) is 15.5. The molecule has 0 saturated carbocycles. The van der Waals surface area contributed by atoms with E-state index in [1.54, 1.807) is 0 Å². The smallest absolute Gasteiger partial charge is 0.164 e. The van der Waals surface area contributed by atoms with Crippen molar-refractivity contribution in [1.29, 1.82) is 0 Å². The molecule has 0 aliphatic rings. The fourth-order valence-corrected chi connectivity index (χ4v) is 7.19. The van der Waals surface area contributed by atoms with E-state index in [0.29, 0.717) is 17.5 Å². The first-order valence-corrected chi connectivity index (χ1v) is 17.1. The van der Waals surface area contributed by atoms with Gasteiger partial charge < -0.3 is 4.42 Å². The predicted molar refractivity (Wildman–Crippen MR) is 209 cm³/mol. The number of nitrogens with zero attached hydrogens (tertiary/aromatic N) is 3. The lowest BCUT2D eigenvalue weighted by molar-refractivity contribution is 0.669. The van der Waals surface area contributed by atoms with Crippen molar-refractivity contribution in [3.05, 3.63) is 176 Å². The summed E-state index contributed by atoms with van der Waals surface area (Å²) in [5.74, 6) is 1.86. The van der Waals surface area contributed by atoms with E-state index in [4.69, 9.17) is 19.4 Å². The number of hydrogen-bond acceptors (Lipinski definition) is 4. The third kappa shape index (κ3) is 5.13. The van der Waals surface area contributed by atoms with Crippen molar-refractivity contribution in [3.63, 3.8) is 0 Å². The highest BCUT2D eigenvalue weighted by molar-refractivity contribution is 6.13. The second kappa shape index (κ2) is 11.9. The van der Waals surface area contributed by atoms with Crippen LogP contribution in [0.4, 0.5) is 0 Å². The molecular weight excluding hydrogens is 623 g/mol. The van der Waals surface area contributed by atoms with Gasteiger partial charge in [0, 0.05) is 32.8 Å². The van der Waals surface area contributed by atoms with Crippen molar-refractivity contribution < 1.29 is 4.42 Å². The van der Waals surface area contributed by atoms with Crippen LogP contribution < -0.4 is 0 Å². The van der Waals surface area contributed by atoms with E-state index in [1.807, 2.05) is 36.4 Å². The molecule has 4 heteroatoms. The Bertz CT molecular complexity index is 2910. The van der Waals surface area contributed by atoms with Crippen molar-refractivity contribution in [2.75, 3.05) is 0 Å². The van der Waals surface area contributed by atoms with Gasteiger partial charge in [-0.3, -0.25) is 0 Å². The van der Waals surface area contributed by atoms with Crippen LogP contribution in [-0.2, 0) is 0 Å². The van der Waals surface area contributed by atoms with Gasteiger partial charge in [0.15, 0.2) is 17.5 Å². The number of furan rings is 1. The molecule has 0 atom stereocenters. The molecule has 0 saturated heterocycles. The van der Waals surface area contributed by atoms with Gasteiger partial charge in [0.2, 0.25) is 0 Å². The molecule has 0 radical (unpaired) electrons. The van der Waals surface area contributed by atoms with E-state index in [0.717, 1.165) is 60.5 Å². The van der Waals surface area contributed by atoms with Crippen LogP contribution in [0.1, 0.15) is 0 Å². The van der Waals surface area contributed by atoms with Crippen LogP contribution in [0.15, 0.2) is 180 Å². The van der Waals surface area contributed by atoms with Gasteiger partial charge in [-0.05, 0) is 68.7 Å². The maximum absolute atomic E-state index is 6.15. The minimum atomic E-state index is 0.610. The lowest BCUT2D eigenvalue weighted by Gasteiger charge is -2.12. The normalized spacial score (nSPS) is 11.5. The third-order valence-electron chi connectivity index (χ3n) is 9.73. The Morgan fingerprint density at radius 2 is 0.882 bits per heavy atom. The number of para-hydroxylation sites is 1. The molecule has 2 heterocycles. The number of benzene rings is 8. The van der Waals surface area contributed by atoms with Crippen molar-refractivity contribution in [2.45, 2.75) is 0 Å². The molecule has 10 rings (SSSR count). The van der Waals surface area contributed by atoms with Crippen LogP contribution in [0.2, 0.25) is 0 Å². The van der Waals surface area contributed by atoms with Crippen molar-refractivity contribution >= 4 is 43.5 Å². The Morgan fingerprint density at radius 3 is 1.73 bits per heavy atom. The van der Waals surface area contributed by atoms with Gasteiger partial charge in [-0.2, -0.15) is 0 Å². The number of fused-ring (bicyclic) bond motifs is 6. The maximum Gasteiger partial charge on any atom is 0.164 e. The zero-order chi connectivity index (χ0) is 33.7. The van der Waals surface area contributed by atoms with Crippen LogP contribution in [0.25, 0.3) is 99.9 Å². The van der Waals surface area contributed by atoms with Gasteiger partial charge >= 0.3 is 0 Å². The largest absolute Gasteiger partial charge is 0.456 e. The molecule has 0 fully saturated rings. The molecule has 0 amide bonds. The molecule has 0 unspecified atom stereocenters. The molecule has 10 aromatic rings. The van der Waals surface area contributed by atoms with Crippen molar-refractivity contribution in [1.82, 2.24) is 15.0 Å². The zero-order valence-electron chi connectivity index (χ0n) is 27.5. The van der Waals surface area contributed by atoms with Crippen LogP contribution in [0, 0.1) is 0 Å². The zero-order valence-corrected chi connectivity index (χ0v) is 27.5. The molecule has 0 N–H and O–H groups in total. The molecular formula is C47H29N3O. The number of rotatable bonds is 5. The lowest BCUT2D eigenvalue weighted by atomic mass is 9.97. The van der Waals surface area contributed by atoms with E-state index < -0.39 is 0 Å². The standard InChI is InChI=1S/C47H29N3O/c1-2-10-30(11-3-1)35-14-8-15-36(28-35)31-20-24-34(25-21-31)45-48-46(37-26-27-43-41(29-37)39-17-6-7-19-42(39)51-43)50-47(49-45)40-18-9-13-33-23-22-32-12-4-5-16-38(32)44(33)40/h1-29H. The number of hydrogen-bond donors (Lipinski definition) is 0. The summed E-state index contributed by atoms with van der Waals surface area (Å²) < 4.78 is 6.15. The van der Waals surface area contributed by atoms with E-state index in [1.165, 1.54) is 21.9 Å². The quantitative estimate of drug-likeness (QED) is 0.174. The minimum absolute atomic E-state index is 0.610. The minimum Gasteiger partial charge on any atom is -0.456 e. The Morgan fingerprint density at radius 1 is 0.314 bits per heavy atom. The highest BCUT2D eigenvalue weighted by atomic mass is 16.3. The summed E-state index contributed by atoms with van der Waals surface area (Å²) in [5.41, 5.74) is 9.16. The van der Waals surface area contributed by atoms with Gasteiger partial charge in [0.05, 0.1) is 0 Å². The molecule has 2 aromatic heterocycles. The Hall–Kier alpha value is -6.91. The summed E-state index contributed by atoms with van der Waals surface area (Å²) >= 11 is 0. The summed E-state index contributed by atoms with van der Waals surface area (Å²) in [7, 11) is 0. The Labute approximate surface area is 294 Å². The van der Waals surface area contributed by atoms with Gasteiger partial charge in [-0.25, -0.2) is 15.0 Å². The first kappa shape index (κ1) is 29.0. The second-order valence-corrected chi connectivity index (χ2v) is 12.8. The van der Waals surface area contributed by atoms with Gasteiger partial charge in [-0.15, -0.1) is 0 Å². The fraction of sp³-hybridized carbons (Fsp3) is 0. The monoisotopic (exact) mass is 651 g/mol. The molecule has 4 nitrogen and oxygen atoms in total. The Balaban J connectivity index is 1.14. The summed E-state index contributed by atoms with van der Waals surface area (Å²) in [6, 6.07) is 61.2. The van der Waals surface area contributed by atoms with Crippen molar-refractivity contribution in [3.8, 4) is 56.4 Å². The first-order chi connectivity index (χ1) is 25.2. The molecule has 238 valence electrons. The molecule has 0 bridgehead atoms. The SMILES string of the molecule is c1ccc(-c2cccc(-c3ccc(-c4nc(-c5ccc6oc7ccccc7c6c5)nc(-c5cccc6ccc7ccccc7c56)n4)cc3)c2)cc1. The molecule has 0 aliphatic heterocycles. The predicted octanol–water partition coefficient (Wildman–Crippen LogP) is 12.4. The van der Waals surface area contributed by atoms with Crippen LogP contribution in [0.5, 0.6) is 0 Å². The third-order valence-corrected chi connectivity index (χ3v) is 9.73. The van der Waals surface area contributed by atoms with Crippen LogP contribution in [0.3, 0.4) is 0 Å². The highest BCUT2D eigenvalue weighted by Crippen LogP contribution is 2.36. The molecule has 0 spiro atoms. The van der Waals surface area contributed by atoms with Crippen molar-refractivity contribution in [2.24, 2.45) is 0 Å². The van der Waals surface area contributed by atoms with Crippen LogP contribution in [-0.4, -0.2) is 15.0 Å². The molecule has 8 aromatic carbocycles. The maximum atomic E-state index is 6.15. The van der Waals surface area contributed by atoms with Crippen LogP contribution >= 0.6 is 0 Å². The lowest BCUT2D eigenvalue weighted by Crippen LogP contribution is -2.00. The van der Waals surface area contributed by atoms with E-state index >= 15 is 0 Å². The summed E-state index contributed by atoms with van der Waals surface area (Å²) in [6.45, 7) is 0. The average Bonchev–Trinajstić information content (AvgIpc) is 3.59.